The van der Waals surface area contributed by atoms with Crippen molar-refractivity contribution in [2.75, 3.05) is 6.61 Å². The summed E-state index contributed by atoms with van der Waals surface area (Å²) in [6.45, 7) is 10.4. The lowest BCUT2D eigenvalue weighted by Crippen LogP contribution is -2.40. The minimum atomic E-state index is -1.35. The van der Waals surface area contributed by atoms with E-state index in [1.165, 1.54) is 79.7 Å². The molecule has 0 atom stereocenters. The molecule has 0 aliphatic carbocycles. The van der Waals surface area contributed by atoms with Gasteiger partial charge in [0.2, 0.25) is 0 Å². The molecule has 0 bridgehead atoms. The van der Waals surface area contributed by atoms with Crippen LogP contribution >= 0.6 is 0 Å². The zero-order chi connectivity index (χ0) is 24.9. The Balaban J connectivity index is 1.55. The van der Waals surface area contributed by atoms with Crippen LogP contribution in [0.15, 0.2) is 72.8 Å². The maximum atomic E-state index is 5.89. The van der Waals surface area contributed by atoms with E-state index < -0.39 is 8.07 Å². The quantitative estimate of drug-likeness (QED) is 0.153. The fourth-order valence-electron chi connectivity index (χ4n) is 4.75. The molecule has 3 rings (SSSR count). The van der Waals surface area contributed by atoms with Gasteiger partial charge in [0.25, 0.3) is 0 Å². The normalized spacial score (nSPS) is 11.5. The van der Waals surface area contributed by atoms with Gasteiger partial charge in [-0.3, -0.25) is 0 Å². The summed E-state index contributed by atoms with van der Waals surface area (Å²) < 4.78 is 5.89. The molecule has 2 heteroatoms. The van der Waals surface area contributed by atoms with Crippen molar-refractivity contribution in [1.29, 1.82) is 0 Å². The van der Waals surface area contributed by atoms with Crippen LogP contribution in [0.3, 0.4) is 0 Å². The summed E-state index contributed by atoms with van der Waals surface area (Å²) in [6.07, 6.45) is 11.8. The molecule has 0 saturated carbocycles. The Bertz CT molecular complexity index is 971. The molecule has 0 amide bonds. The second-order valence-electron chi connectivity index (χ2n) is 10.6. The molecule has 0 saturated heterocycles. The smallest absolute Gasteiger partial charge is 0.119 e. The summed E-state index contributed by atoms with van der Waals surface area (Å²) >= 11 is 0. The van der Waals surface area contributed by atoms with Gasteiger partial charge in [0.1, 0.15) is 5.75 Å². The van der Waals surface area contributed by atoms with E-state index in [0.29, 0.717) is 0 Å². The van der Waals surface area contributed by atoms with Gasteiger partial charge in [-0.15, -0.1) is 0 Å². The third kappa shape index (κ3) is 8.68. The van der Waals surface area contributed by atoms with E-state index in [0.717, 1.165) is 18.8 Å². The van der Waals surface area contributed by atoms with Crippen molar-refractivity contribution in [3.05, 3.63) is 72.8 Å². The first kappa shape index (κ1) is 27.3. The zero-order valence-electron chi connectivity index (χ0n) is 22.6. The molecule has 3 aromatic carbocycles. The zero-order valence-corrected chi connectivity index (χ0v) is 23.6. The predicted octanol–water partition coefficient (Wildman–Crippen LogP) is 9.87. The van der Waals surface area contributed by atoms with Crippen LogP contribution in [0.1, 0.15) is 71.6 Å². The van der Waals surface area contributed by atoms with E-state index in [-0.39, 0.29) is 0 Å². The van der Waals surface area contributed by atoms with Crippen LogP contribution in [0.25, 0.3) is 22.3 Å². The van der Waals surface area contributed by atoms with Crippen molar-refractivity contribution in [2.45, 2.75) is 90.8 Å². The Morgan fingerprint density at radius 1 is 0.514 bits per heavy atom. The van der Waals surface area contributed by atoms with Gasteiger partial charge in [0, 0.05) is 0 Å². The van der Waals surface area contributed by atoms with E-state index in [1.54, 1.807) is 5.19 Å². The number of benzene rings is 3. The molecule has 0 aliphatic heterocycles. The van der Waals surface area contributed by atoms with Crippen LogP contribution in [-0.4, -0.2) is 14.7 Å². The molecule has 0 fully saturated rings. The third-order valence-corrected chi connectivity index (χ3v) is 10.7. The van der Waals surface area contributed by atoms with Gasteiger partial charge < -0.3 is 4.74 Å². The van der Waals surface area contributed by atoms with Gasteiger partial charge in [-0.05, 0) is 40.8 Å². The molecule has 0 spiro atoms. The highest BCUT2D eigenvalue weighted by Gasteiger charge is 2.22. The largest absolute Gasteiger partial charge is 0.494 e. The van der Waals surface area contributed by atoms with Crippen molar-refractivity contribution in [3.63, 3.8) is 0 Å². The summed E-state index contributed by atoms with van der Waals surface area (Å²) in [6, 6.07) is 28.3. The molecule has 0 radical (unpaired) electrons. The molecule has 0 heterocycles. The van der Waals surface area contributed by atoms with Gasteiger partial charge in [-0.1, -0.05) is 150 Å². The summed E-state index contributed by atoms with van der Waals surface area (Å²) in [5, 5.41) is 1.58. The highest BCUT2D eigenvalue weighted by molar-refractivity contribution is 6.89. The molecule has 0 aromatic heterocycles. The molecule has 35 heavy (non-hydrogen) atoms. The number of ether oxygens (including phenoxy) is 1. The monoisotopic (exact) mass is 486 g/mol. The number of unbranched alkanes of at least 4 members (excludes halogenated alkanes) is 7. The number of rotatable bonds is 15. The van der Waals surface area contributed by atoms with Gasteiger partial charge in [0.15, 0.2) is 0 Å². The minimum absolute atomic E-state index is 0.811. The Morgan fingerprint density at radius 3 is 1.46 bits per heavy atom. The Hall–Kier alpha value is -2.32. The highest BCUT2D eigenvalue weighted by atomic mass is 28.3. The topological polar surface area (TPSA) is 9.23 Å². The van der Waals surface area contributed by atoms with Gasteiger partial charge >= 0.3 is 0 Å². The fourth-order valence-corrected chi connectivity index (χ4v) is 7.24. The first-order valence-electron chi connectivity index (χ1n) is 14.0. The second kappa shape index (κ2) is 14.3. The van der Waals surface area contributed by atoms with Crippen molar-refractivity contribution < 1.29 is 4.74 Å². The van der Waals surface area contributed by atoms with Crippen LogP contribution in [0, 0.1) is 0 Å². The second-order valence-corrected chi connectivity index (χ2v) is 15.5. The van der Waals surface area contributed by atoms with E-state index in [4.69, 9.17) is 4.74 Å². The standard InChI is InChI=1S/C33H46OSi/c1-5-7-9-11-13-27-35(3,4)33-24-20-31(21-25-33)29-16-14-28(15-17-29)30-18-22-32(23-19-30)34-26-12-10-8-6-2/h14-25H,5-13,26-27H2,1-4H3. The molecular formula is C33H46OSi. The lowest BCUT2D eigenvalue weighted by Gasteiger charge is -2.23. The Labute approximate surface area is 216 Å². The van der Waals surface area contributed by atoms with Crippen molar-refractivity contribution in [1.82, 2.24) is 0 Å². The Morgan fingerprint density at radius 2 is 0.943 bits per heavy atom. The van der Waals surface area contributed by atoms with Crippen LogP contribution in [0.4, 0.5) is 0 Å². The van der Waals surface area contributed by atoms with Crippen LogP contribution in [0.5, 0.6) is 5.75 Å². The summed E-state index contributed by atoms with van der Waals surface area (Å²) in [7, 11) is -1.35. The van der Waals surface area contributed by atoms with E-state index >= 15 is 0 Å². The molecular weight excluding hydrogens is 440 g/mol. The van der Waals surface area contributed by atoms with Gasteiger partial charge in [0.05, 0.1) is 14.7 Å². The van der Waals surface area contributed by atoms with Gasteiger partial charge in [-0.25, -0.2) is 0 Å². The highest BCUT2D eigenvalue weighted by Crippen LogP contribution is 2.27. The predicted molar refractivity (Wildman–Crippen MR) is 158 cm³/mol. The lowest BCUT2D eigenvalue weighted by molar-refractivity contribution is 0.305. The van der Waals surface area contributed by atoms with Crippen molar-refractivity contribution in [3.8, 4) is 28.0 Å². The first-order valence-corrected chi connectivity index (χ1v) is 17.2. The van der Waals surface area contributed by atoms with Crippen LogP contribution in [-0.2, 0) is 0 Å². The maximum absolute atomic E-state index is 5.89. The molecule has 0 aliphatic rings. The SMILES string of the molecule is CCCCCCC[Si](C)(C)c1ccc(-c2ccc(-c3ccc(OCCCCCC)cc3)cc2)cc1. The van der Waals surface area contributed by atoms with Crippen molar-refractivity contribution in [2.24, 2.45) is 0 Å². The first-order chi connectivity index (χ1) is 17.0. The number of hydrogen-bond donors (Lipinski definition) is 0. The third-order valence-electron chi connectivity index (χ3n) is 7.24. The summed E-state index contributed by atoms with van der Waals surface area (Å²) in [5.41, 5.74) is 5.07. The van der Waals surface area contributed by atoms with Gasteiger partial charge in [-0.2, -0.15) is 0 Å². The minimum Gasteiger partial charge on any atom is -0.494 e. The molecule has 0 unspecified atom stereocenters. The average Bonchev–Trinajstić information content (AvgIpc) is 2.89. The van der Waals surface area contributed by atoms with Crippen LogP contribution < -0.4 is 9.92 Å². The summed E-state index contributed by atoms with van der Waals surface area (Å²) in [5.74, 6) is 0.967. The molecule has 1 nitrogen and oxygen atoms in total. The number of hydrogen-bond acceptors (Lipinski definition) is 1. The molecule has 0 N–H and O–H groups in total. The van der Waals surface area contributed by atoms with Crippen molar-refractivity contribution >= 4 is 13.3 Å². The van der Waals surface area contributed by atoms with E-state index in [1.807, 2.05) is 0 Å². The fraction of sp³-hybridized carbons (Fsp3) is 0.455. The lowest BCUT2D eigenvalue weighted by atomic mass is 10.0. The van der Waals surface area contributed by atoms with E-state index in [2.05, 4.69) is 99.7 Å². The van der Waals surface area contributed by atoms with Crippen LogP contribution in [0.2, 0.25) is 19.1 Å². The average molecular weight is 487 g/mol. The summed E-state index contributed by atoms with van der Waals surface area (Å²) in [4.78, 5) is 0. The maximum Gasteiger partial charge on any atom is 0.119 e. The van der Waals surface area contributed by atoms with E-state index in [9.17, 15) is 0 Å². The molecule has 188 valence electrons. The Kier molecular flexibility index (Phi) is 11.1. The molecule has 3 aromatic rings.